The summed E-state index contributed by atoms with van der Waals surface area (Å²) >= 11 is 0. The first-order chi connectivity index (χ1) is 7.25. The Morgan fingerprint density at radius 1 is 1.27 bits per heavy atom. The molecule has 0 bridgehead atoms. The number of hydrogen-bond acceptors (Lipinski definition) is 2. The van der Waals surface area contributed by atoms with Gasteiger partial charge in [-0.15, -0.1) is 0 Å². The van der Waals surface area contributed by atoms with E-state index in [4.69, 9.17) is 0 Å². The van der Waals surface area contributed by atoms with Crippen molar-refractivity contribution in [1.82, 2.24) is 5.32 Å². The van der Waals surface area contributed by atoms with Gasteiger partial charge in [-0.3, -0.25) is 0 Å². The van der Waals surface area contributed by atoms with Gasteiger partial charge in [0.25, 0.3) is 0 Å². The van der Waals surface area contributed by atoms with Crippen molar-refractivity contribution >= 4 is 5.69 Å². The van der Waals surface area contributed by atoms with Crippen LogP contribution >= 0.6 is 0 Å². The Labute approximate surface area is 92.1 Å². The first-order valence-electron chi connectivity index (χ1n) is 5.83. The lowest BCUT2D eigenvalue weighted by molar-refractivity contribution is 0.763. The Morgan fingerprint density at radius 3 is 2.53 bits per heavy atom. The van der Waals surface area contributed by atoms with Crippen molar-refractivity contribution in [3.63, 3.8) is 0 Å². The molecule has 1 aliphatic heterocycles. The van der Waals surface area contributed by atoms with E-state index in [0.717, 1.165) is 19.0 Å². The van der Waals surface area contributed by atoms with E-state index in [-0.39, 0.29) is 0 Å². The van der Waals surface area contributed by atoms with Crippen LogP contribution in [0, 0.1) is 0 Å². The zero-order valence-corrected chi connectivity index (χ0v) is 9.59. The maximum Gasteiger partial charge on any atom is 0.0342 e. The van der Waals surface area contributed by atoms with Crippen LogP contribution in [0.3, 0.4) is 0 Å². The summed E-state index contributed by atoms with van der Waals surface area (Å²) in [5, 5.41) is 6.81. The van der Waals surface area contributed by atoms with Gasteiger partial charge in [0.05, 0.1) is 0 Å². The second-order valence-corrected chi connectivity index (χ2v) is 4.61. The van der Waals surface area contributed by atoms with Crippen molar-refractivity contribution in [3.8, 4) is 0 Å². The quantitative estimate of drug-likeness (QED) is 0.790. The molecule has 0 radical (unpaired) electrons. The predicted octanol–water partition coefficient (Wildman–Crippen LogP) is 2.58. The molecule has 0 aromatic heterocycles. The third-order valence-corrected chi connectivity index (χ3v) is 2.90. The molecule has 1 unspecified atom stereocenters. The highest BCUT2D eigenvalue weighted by molar-refractivity contribution is 5.45. The van der Waals surface area contributed by atoms with Gasteiger partial charge in [0.15, 0.2) is 0 Å². The van der Waals surface area contributed by atoms with Crippen LogP contribution in [0.4, 0.5) is 5.69 Å². The molecule has 0 aliphatic carbocycles. The van der Waals surface area contributed by atoms with Crippen LogP contribution in [0.2, 0.25) is 0 Å². The Balaban J connectivity index is 2.03. The molecular formula is C13H20N2. The van der Waals surface area contributed by atoms with Gasteiger partial charge in [0.1, 0.15) is 0 Å². The van der Waals surface area contributed by atoms with Crippen molar-refractivity contribution in [2.24, 2.45) is 0 Å². The number of nitrogens with one attached hydrogen (secondary N) is 2. The lowest BCUT2D eigenvalue weighted by atomic mass is 9.98. The molecule has 82 valence electrons. The third-order valence-electron chi connectivity index (χ3n) is 2.90. The van der Waals surface area contributed by atoms with Crippen molar-refractivity contribution in [3.05, 3.63) is 29.8 Å². The molecule has 0 saturated carbocycles. The van der Waals surface area contributed by atoms with Crippen LogP contribution < -0.4 is 10.6 Å². The molecule has 2 rings (SSSR count). The van der Waals surface area contributed by atoms with E-state index >= 15 is 0 Å². The van der Waals surface area contributed by atoms with E-state index in [0.29, 0.717) is 6.04 Å². The Bertz CT molecular complexity index is 297. The highest BCUT2D eigenvalue weighted by atomic mass is 14.9. The van der Waals surface area contributed by atoms with Crippen LogP contribution in [0.15, 0.2) is 24.3 Å². The molecule has 1 aliphatic rings. The molecule has 1 aromatic carbocycles. The first kappa shape index (κ1) is 10.5. The Hall–Kier alpha value is -1.02. The van der Waals surface area contributed by atoms with Crippen LogP contribution in [-0.4, -0.2) is 19.1 Å². The fraction of sp³-hybridized carbons (Fsp3) is 0.538. The van der Waals surface area contributed by atoms with Gasteiger partial charge in [0.2, 0.25) is 0 Å². The van der Waals surface area contributed by atoms with Gasteiger partial charge in [0, 0.05) is 18.3 Å². The summed E-state index contributed by atoms with van der Waals surface area (Å²) in [4.78, 5) is 0. The second kappa shape index (κ2) is 4.67. The van der Waals surface area contributed by atoms with Crippen LogP contribution in [0.1, 0.15) is 31.7 Å². The van der Waals surface area contributed by atoms with Gasteiger partial charge in [-0.25, -0.2) is 0 Å². The number of benzene rings is 1. The SMILES string of the molecule is CC(C)Nc1ccc(C2CCNC2)cc1. The lowest BCUT2D eigenvalue weighted by Gasteiger charge is -2.12. The zero-order valence-electron chi connectivity index (χ0n) is 9.59. The molecule has 0 amide bonds. The molecular weight excluding hydrogens is 184 g/mol. The molecule has 0 spiro atoms. The molecule has 1 heterocycles. The predicted molar refractivity (Wildman–Crippen MR) is 65.4 cm³/mol. The summed E-state index contributed by atoms with van der Waals surface area (Å²) in [5.74, 6) is 0.720. The monoisotopic (exact) mass is 204 g/mol. The largest absolute Gasteiger partial charge is 0.383 e. The first-order valence-corrected chi connectivity index (χ1v) is 5.83. The van der Waals surface area contributed by atoms with Gasteiger partial charge in [-0.1, -0.05) is 12.1 Å². The second-order valence-electron chi connectivity index (χ2n) is 4.61. The van der Waals surface area contributed by atoms with Crippen molar-refractivity contribution < 1.29 is 0 Å². The average molecular weight is 204 g/mol. The summed E-state index contributed by atoms with van der Waals surface area (Å²) in [6.45, 7) is 6.62. The summed E-state index contributed by atoms with van der Waals surface area (Å²) in [6, 6.07) is 9.38. The minimum atomic E-state index is 0.504. The molecule has 2 nitrogen and oxygen atoms in total. The summed E-state index contributed by atoms with van der Waals surface area (Å²) < 4.78 is 0. The van der Waals surface area contributed by atoms with Crippen molar-refractivity contribution in [2.75, 3.05) is 18.4 Å². The Morgan fingerprint density at radius 2 is 2.00 bits per heavy atom. The smallest absolute Gasteiger partial charge is 0.0342 e. The third kappa shape index (κ3) is 2.72. The molecule has 2 heteroatoms. The minimum absolute atomic E-state index is 0.504. The molecule has 1 saturated heterocycles. The summed E-state index contributed by atoms with van der Waals surface area (Å²) in [7, 11) is 0. The number of rotatable bonds is 3. The maximum absolute atomic E-state index is 3.41. The van der Waals surface area contributed by atoms with E-state index in [9.17, 15) is 0 Å². The van der Waals surface area contributed by atoms with Gasteiger partial charge in [-0.2, -0.15) is 0 Å². The Kier molecular flexibility index (Phi) is 3.27. The average Bonchev–Trinajstić information content (AvgIpc) is 2.71. The fourth-order valence-electron chi connectivity index (χ4n) is 2.12. The van der Waals surface area contributed by atoms with Crippen LogP contribution in [0.5, 0.6) is 0 Å². The molecule has 15 heavy (non-hydrogen) atoms. The number of anilines is 1. The van der Waals surface area contributed by atoms with Crippen molar-refractivity contribution in [2.45, 2.75) is 32.2 Å². The van der Waals surface area contributed by atoms with Crippen molar-refractivity contribution in [1.29, 1.82) is 0 Å². The zero-order chi connectivity index (χ0) is 10.7. The number of hydrogen-bond donors (Lipinski definition) is 2. The van der Waals surface area contributed by atoms with E-state index in [1.165, 1.54) is 17.7 Å². The molecule has 1 aromatic rings. The standard InChI is InChI=1S/C13H20N2/c1-10(2)15-13-5-3-11(4-6-13)12-7-8-14-9-12/h3-6,10,12,14-15H,7-9H2,1-2H3. The molecule has 1 fully saturated rings. The van der Waals surface area contributed by atoms with Crippen LogP contribution in [-0.2, 0) is 0 Å². The van der Waals surface area contributed by atoms with Gasteiger partial charge in [-0.05, 0) is 50.4 Å². The van der Waals surface area contributed by atoms with Crippen LogP contribution in [0.25, 0.3) is 0 Å². The molecule has 2 N–H and O–H groups in total. The fourth-order valence-corrected chi connectivity index (χ4v) is 2.12. The van der Waals surface area contributed by atoms with Gasteiger partial charge >= 0.3 is 0 Å². The minimum Gasteiger partial charge on any atom is -0.383 e. The summed E-state index contributed by atoms with van der Waals surface area (Å²) in [5.41, 5.74) is 2.69. The van der Waals surface area contributed by atoms with Gasteiger partial charge < -0.3 is 10.6 Å². The normalized spacial score (nSPS) is 20.9. The summed E-state index contributed by atoms with van der Waals surface area (Å²) in [6.07, 6.45) is 1.27. The van der Waals surface area contributed by atoms with E-state index < -0.39 is 0 Å². The maximum atomic E-state index is 3.41. The molecule has 1 atom stereocenters. The van der Waals surface area contributed by atoms with E-state index in [2.05, 4.69) is 48.7 Å². The highest BCUT2D eigenvalue weighted by Crippen LogP contribution is 2.23. The van der Waals surface area contributed by atoms with E-state index in [1.807, 2.05) is 0 Å². The van der Waals surface area contributed by atoms with E-state index in [1.54, 1.807) is 0 Å². The highest BCUT2D eigenvalue weighted by Gasteiger charge is 2.15. The lowest BCUT2D eigenvalue weighted by Crippen LogP contribution is -2.10. The topological polar surface area (TPSA) is 24.1 Å².